The number of carbonyl (C=O) groups is 2. The van der Waals surface area contributed by atoms with Gasteiger partial charge in [-0.05, 0) is 19.3 Å². The molecule has 0 spiro atoms. The molecule has 2 atom stereocenters. The number of carbonyl (C=O) groups excluding carboxylic acids is 2. The monoisotopic (exact) mass is 254 g/mol. The van der Waals surface area contributed by atoms with E-state index in [2.05, 4.69) is 5.32 Å². The van der Waals surface area contributed by atoms with Crippen molar-refractivity contribution in [1.82, 2.24) is 10.2 Å². The Morgan fingerprint density at radius 2 is 2.39 bits per heavy atom. The lowest BCUT2D eigenvalue weighted by Crippen LogP contribution is -2.37. The van der Waals surface area contributed by atoms with Crippen molar-refractivity contribution in [2.24, 2.45) is 5.92 Å². The van der Waals surface area contributed by atoms with E-state index in [1.54, 1.807) is 4.90 Å². The van der Waals surface area contributed by atoms with Gasteiger partial charge in [0.1, 0.15) is 0 Å². The van der Waals surface area contributed by atoms with Gasteiger partial charge >= 0.3 is 0 Å². The topological polar surface area (TPSA) is 58.6 Å². The highest BCUT2D eigenvalue weighted by atomic mass is 16.5. The zero-order chi connectivity index (χ0) is 13.0. The van der Waals surface area contributed by atoms with E-state index in [1.165, 1.54) is 0 Å². The van der Waals surface area contributed by atoms with Gasteiger partial charge in [0.15, 0.2) is 0 Å². The molecule has 2 rings (SSSR count). The molecule has 0 bridgehead atoms. The van der Waals surface area contributed by atoms with Gasteiger partial charge < -0.3 is 15.0 Å². The quantitative estimate of drug-likeness (QED) is 0.779. The maximum atomic E-state index is 12.0. The molecule has 1 N–H and O–H groups in total. The summed E-state index contributed by atoms with van der Waals surface area (Å²) in [6, 6.07) is 0. The molecule has 2 unspecified atom stereocenters. The van der Waals surface area contributed by atoms with E-state index < -0.39 is 0 Å². The number of hydrogen-bond donors (Lipinski definition) is 1. The van der Waals surface area contributed by atoms with Crippen molar-refractivity contribution in [3.8, 4) is 0 Å². The Labute approximate surface area is 108 Å². The lowest BCUT2D eigenvalue weighted by atomic mass is 10.1. The minimum Gasteiger partial charge on any atom is -0.376 e. The molecule has 0 aromatic heterocycles. The Hall–Kier alpha value is -1.10. The van der Waals surface area contributed by atoms with Gasteiger partial charge in [0.25, 0.3) is 0 Å². The van der Waals surface area contributed by atoms with Crippen LogP contribution in [0.3, 0.4) is 0 Å². The molecule has 2 heterocycles. The molecule has 2 amide bonds. The first-order chi connectivity index (χ1) is 8.70. The van der Waals surface area contributed by atoms with E-state index in [4.69, 9.17) is 4.74 Å². The number of likely N-dealkylation sites (tertiary alicyclic amines) is 1. The third-order valence-electron chi connectivity index (χ3n) is 3.61. The molecule has 0 saturated carbocycles. The smallest absolute Gasteiger partial charge is 0.225 e. The summed E-state index contributed by atoms with van der Waals surface area (Å²) in [5.41, 5.74) is 0. The van der Waals surface area contributed by atoms with Crippen molar-refractivity contribution in [2.45, 2.75) is 38.7 Å². The molecule has 2 saturated heterocycles. The fourth-order valence-corrected chi connectivity index (χ4v) is 2.60. The molecule has 2 aliphatic heterocycles. The average Bonchev–Trinajstić information content (AvgIpc) is 2.97. The van der Waals surface area contributed by atoms with E-state index in [1.807, 2.05) is 6.92 Å². The van der Waals surface area contributed by atoms with Crippen molar-refractivity contribution in [1.29, 1.82) is 0 Å². The normalized spacial score (nSPS) is 27.8. The summed E-state index contributed by atoms with van der Waals surface area (Å²) in [6.07, 6.45) is 3.56. The maximum Gasteiger partial charge on any atom is 0.225 e. The molecule has 0 radical (unpaired) electrons. The molecular formula is C13H22N2O3. The van der Waals surface area contributed by atoms with Crippen molar-refractivity contribution in [2.75, 3.05) is 26.2 Å². The van der Waals surface area contributed by atoms with Crippen molar-refractivity contribution >= 4 is 11.8 Å². The van der Waals surface area contributed by atoms with Crippen LogP contribution in [0.25, 0.3) is 0 Å². The average molecular weight is 254 g/mol. The van der Waals surface area contributed by atoms with Crippen LogP contribution in [0.15, 0.2) is 0 Å². The van der Waals surface area contributed by atoms with Crippen LogP contribution in [0, 0.1) is 5.92 Å². The van der Waals surface area contributed by atoms with Crippen LogP contribution in [0.4, 0.5) is 0 Å². The number of nitrogens with zero attached hydrogens (tertiary/aromatic N) is 1. The summed E-state index contributed by atoms with van der Waals surface area (Å²) in [5, 5.41) is 2.91. The highest BCUT2D eigenvalue weighted by molar-refractivity contribution is 5.89. The fraction of sp³-hybridized carbons (Fsp3) is 0.846. The number of hydrogen-bond acceptors (Lipinski definition) is 3. The predicted molar refractivity (Wildman–Crippen MR) is 67.0 cm³/mol. The van der Waals surface area contributed by atoms with Gasteiger partial charge in [-0.2, -0.15) is 0 Å². The van der Waals surface area contributed by atoms with Crippen LogP contribution in [-0.2, 0) is 14.3 Å². The van der Waals surface area contributed by atoms with Crippen LogP contribution in [-0.4, -0.2) is 49.1 Å². The zero-order valence-electron chi connectivity index (χ0n) is 11.0. The molecular weight excluding hydrogens is 232 g/mol. The standard InChI is InChI=1S/C13H22N2O3/c1-2-5-15-9-10(7-12(15)16)13(17)14-8-11-4-3-6-18-11/h10-11H,2-9H2,1H3,(H,14,17). The maximum absolute atomic E-state index is 12.0. The Balaban J connectivity index is 1.74. The second kappa shape index (κ2) is 6.18. The molecule has 0 aromatic rings. The number of nitrogens with one attached hydrogen (secondary N) is 1. The number of ether oxygens (including phenoxy) is 1. The van der Waals surface area contributed by atoms with Crippen molar-refractivity contribution < 1.29 is 14.3 Å². The van der Waals surface area contributed by atoms with Crippen LogP contribution < -0.4 is 5.32 Å². The SMILES string of the molecule is CCCN1CC(C(=O)NCC2CCCO2)CC1=O. The van der Waals surface area contributed by atoms with E-state index in [0.29, 0.717) is 19.5 Å². The van der Waals surface area contributed by atoms with Crippen molar-refractivity contribution in [3.63, 3.8) is 0 Å². The minimum absolute atomic E-state index is 0.00236. The van der Waals surface area contributed by atoms with E-state index in [0.717, 1.165) is 32.4 Å². The van der Waals surface area contributed by atoms with Gasteiger partial charge in [-0.15, -0.1) is 0 Å². The van der Waals surface area contributed by atoms with Gasteiger partial charge in [0.05, 0.1) is 12.0 Å². The first-order valence-corrected chi connectivity index (χ1v) is 6.87. The Morgan fingerprint density at radius 1 is 1.56 bits per heavy atom. The van der Waals surface area contributed by atoms with Gasteiger partial charge in [-0.25, -0.2) is 0 Å². The van der Waals surface area contributed by atoms with Gasteiger partial charge in [-0.3, -0.25) is 9.59 Å². The minimum atomic E-state index is -0.176. The molecule has 102 valence electrons. The summed E-state index contributed by atoms with van der Waals surface area (Å²) in [5.74, 6) is -0.0722. The number of rotatable bonds is 5. The summed E-state index contributed by atoms with van der Waals surface area (Å²) >= 11 is 0. The molecule has 0 aliphatic carbocycles. The Morgan fingerprint density at radius 3 is 3.06 bits per heavy atom. The number of amides is 2. The lowest BCUT2D eigenvalue weighted by Gasteiger charge is -2.16. The summed E-state index contributed by atoms with van der Waals surface area (Å²) < 4.78 is 5.45. The molecule has 0 aromatic carbocycles. The fourth-order valence-electron chi connectivity index (χ4n) is 2.60. The lowest BCUT2D eigenvalue weighted by molar-refractivity contribution is -0.129. The van der Waals surface area contributed by atoms with Crippen LogP contribution in [0.1, 0.15) is 32.6 Å². The second-order valence-corrected chi connectivity index (χ2v) is 5.12. The van der Waals surface area contributed by atoms with E-state index in [-0.39, 0.29) is 23.8 Å². The molecule has 5 nitrogen and oxygen atoms in total. The van der Waals surface area contributed by atoms with Crippen LogP contribution in [0.5, 0.6) is 0 Å². The van der Waals surface area contributed by atoms with E-state index >= 15 is 0 Å². The summed E-state index contributed by atoms with van der Waals surface area (Å²) in [6.45, 7) is 4.75. The van der Waals surface area contributed by atoms with Crippen LogP contribution in [0.2, 0.25) is 0 Å². The Kier molecular flexibility index (Phi) is 4.58. The molecule has 18 heavy (non-hydrogen) atoms. The second-order valence-electron chi connectivity index (χ2n) is 5.12. The first kappa shape index (κ1) is 13.3. The predicted octanol–water partition coefficient (Wildman–Crippen LogP) is 0.540. The summed E-state index contributed by atoms with van der Waals surface area (Å²) in [7, 11) is 0. The van der Waals surface area contributed by atoms with Gasteiger partial charge in [0, 0.05) is 32.7 Å². The Bertz CT molecular complexity index is 313. The van der Waals surface area contributed by atoms with E-state index in [9.17, 15) is 9.59 Å². The third kappa shape index (κ3) is 3.22. The molecule has 2 fully saturated rings. The molecule has 5 heteroatoms. The van der Waals surface area contributed by atoms with Gasteiger partial charge in [0.2, 0.25) is 11.8 Å². The highest BCUT2D eigenvalue weighted by Gasteiger charge is 2.33. The highest BCUT2D eigenvalue weighted by Crippen LogP contribution is 2.18. The zero-order valence-corrected chi connectivity index (χ0v) is 11.0. The largest absolute Gasteiger partial charge is 0.376 e. The third-order valence-corrected chi connectivity index (χ3v) is 3.61. The van der Waals surface area contributed by atoms with Crippen molar-refractivity contribution in [3.05, 3.63) is 0 Å². The molecule has 2 aliphatic rings. The van der Waals surface area contributed by atoms with Crippen LogP contribution >= 0.6 is 0 Å². The van der Waals surface area contributed by atoms with Gasteiger partial charge in [-0.1, -0.05) is 6.92 Å². The first-order valence-electron chi connectivity index (χ1n) is 6.87. The summed E-state index contributed by atoms with van der Waals surface area (Å²) in [4.78, 5) is 25.4.